The Morgan fingerprint density at radius 3 is 2.13 bits per heavy atom. The largest absolute Gasteiger partial charge is 0.508 e. The van der Waals surface area contributed by atoms with Crippen LogP contribution in [0, 0.1) is 0 Å². The summed E-state index contributed by atoms with van der Waals surface area (Å²) < 4.78 is -0.866. The number of hydrogen-bond donors (Lipinski definition) is 6. The number of pyridine rings is 1. The van der Waals surface area contributed by atoms with Crippen LogP contribution in [0.2, 0.25) is 0 Å². The number of aromatic hydroxyl groups is 1. The summed E-state index contributed by atoms with van der Waals surface area (Å²) in [6.45, 7) is 7.20. The van der Waals surface area contributed by atoms with E-state index in [1.807, 2.05) is 0 Å². The van der Waals surface area contributed by atoms with Crippen LogP contribution in [0.25, 0.3) is 11.3 Å². The number of hydrogen-bond acceptors (Lipinski definition) is 11. The van der Waals surface area contributed by atoms with E-state index in [2.05, 4.69) is 10.3 Å². The maximum absolute atomic E-state index is 14.0. The first-order valence-electron chi connectivity index (χ1n) is 16.6. The molecule has 16 nitrogen and oxygen atoms in total. The standard InChI is InChI=1S/C36H41N7O9S/c1-17(37)29(46)39-18(2)31(48)42(19(3)44)23-11-6-20(7-12-23)25-15-10-22(30(47)40-25)16-41(32(49)26(38)21-8-13-24(45)14-9-21)27-33(50)43-28(35(51)52)36(4,5)53-34(27)43/h6-15,17-18,26-28,34,45H,16,37-38H2,1-5H3,(H,39,46)(H,40,47)(H,51,52)/t17-,18-,26?,27+,28-,34+/m0/s1. The Bertz CT molecular complexity index is 2020. The number of β-lactam (4-membered cyclic amide) rings is 1. The van der Waals surface area contributed by atoms with Gasteiger partial charge in [-0.3, -0.25) is 28.8 Å². The fourth-order valence-corrected chi connectivity index (χ4v) is 8.13. The summed E-state index contributed by atoms with van der Waals surface area (Å²) in [5.41, 5.74) is 13.0. The van der Waals surface area contributed by atoms with Crippen LogP contribution in [0.5, 0.6) is 5.75 Å². The van der Waals surface area contributed by atoms with Crippen LogP contribution in [0.3, 0.4) is 0 Å². The van der Waals surface area contributed by atoms with Gasteiger partial charge in [-0.05, 0) is 75.2 Å². The van der Waals surface area contributed by atoms with E-state index in [0.29, 0.717) is 16.8 Å². The number of carbonyl (C=O) groups is 6. The number of phenolic OH excluding ortho intramolecular Hbond substituents is 1. The first-order valence-corrected chi connectivity index (χ1v) is 17.5. The van der Waals surface area contributed by atoms with Crippen LogP contribution in [-0.4, -0.2) is 94.8 Å². The number of fused-ring (bicyclic) bond motifs is 1. The Morgan fingerprint density at radius 1 is 0.962 bits per heavy atom. The Balaban J connectivity index is 1.41. The molecule has 8 N–H and O–H groups in total. The van der Waals surface area contributed by atoms with Crippen molar-refractivity contribution in [3.63, 3.8) is 0 Å². The van der Waals surface area contributed by atoms with Gasteiger partial charge in [-0.1, -0.05) is 24.3 Å². The lowest BCUT2D eigenvalue weighted by Gasteiger charge is -2.48. The van der Waals surface area contributed by atoms with E-state index in [1.165, 1.54) is 84.8 Å². The van der Waals surface area contributed by atoms with E-state index < -0.39 is 81.4 Å². The van der Waals surface area contributed by atoms with Crippen LogP contribution in [-0.2, 0) is 35.3 Å². The first-order chi connectivity index (χ1) is 24.8. The minimum Gasteiger partial charge on any atom is -0.508 e. The van der Waals surface area contributed by atoms with Gasteiger partial charge in [0.1, 0.15) is 35.3 Å². The number of benzene rings is 2. The minimum absolute atomic E-state index is 0.0390. The smallest absolute Gasteiger partial charge is 0.327 e. The van der Waals surface area contributed by atoms with Crippen LogP contribution in [0.15, 0.2) is 65.5 Å². The molecule has 280 valence electrons. The molecule has 17 heteroatoms. The van der Waals surface area contributed by atoms with Crippen molar-refractivity contribution in [3.8, 4) is 17.0 Å². The number of nitrogens with two attached hydrogens (primary N) is 2. The van der Waals surface area contributed by atoms with Crippen molar-refractivity contribution >= 4 is 53.0 Å². The normalized spacial score (nSPS) is 20.3. The van der Waals surface area contributed by atoms with Gasteiger partial charge in [-0.2, -0.15) is 0 Å². The molecule has 2 fully saturated rings. The summed E-state index contributed by atoms with van der Waals surface area (Å²) in [4.78, 5) is 97.0. The second-order valence-corrected chi connectivity index (χ2v) is 15.3. The zero-order chi connectivity index (χ0) is 39.1. The van der Waals surface area contributed by atoms with Crippen molar-refractivity contribution in [1.29, 1.82) is 0 Å². The van der Waals surface area contributed by atoms with Gasteiger partial charge in [0.15, 0.2) is 0 Å². The highest BCUT2D eigenvalue weighted by Crippen LogP contribution is 2.52. The monoisotopic (exact) mass is 747 g/mol. The number of amides is 5. The summed E-state index contributed by atoms with van der Waals surface area (Å²) >= 11 is 1.25. The van der Waals surface area contributed by atoms with Gasteiger partial charge in [-0.25, -0.2) is 9.69 Å². The predicted octanol–water partition coefficient (Wildman–Crippen LogP) is 1.02. The average Bonchev–Trinajstić information content (AvgIpc) is 3.35. The molecule has 0 radical (unpaired) electrons. The number of aliphatic carboxylic acids is 1. The number of aromatic nitrogens is 1. The number of carboxylic acid groups (broad SMARTS) is 1. The molecule has 0 bridgehead atoms. The number of H-pyrrole nitrogens is 1. The number of aromatic amines is 1. The average molecular weight is 748 g/mol. The maximum Gasteiger partial charge on any atom is 0.327 e. The quantitative estimate of drug-likeness (QED) is 0.151. The van der Waals surface area contributed by atoms with Gasteiger partial charge in [0.25, 0.3) is 11.5 Å². The molecular formula is C36H41N7O9S. The van der Waals surface area contributed by atoms with Crippen LogP contribution in [0.1, 0.15) is 51.8 Å². The molecule has 5 rings (SSSR count). The second kappa shape index (κ2) is 14.8. The predicted molar refractivity (Wildman–Crippen MR) is 195 cm³/mol. The van der Waals surface area contributed by atoms with Gasteiger partial charge >= 0.3 is 5.97 Å². The van der Waals surface area contributed by atoms with Crippen LogP contribution in [0.4, 0.5) is 5.69 Å². The van der Waals surface area contributed by atoms with E-state index >= 15 is 0 Å². The number of nitrogens with one attached hydrogen (secondary N) is 2. The minimum atomic E-state index is -1.27. The van der Waals surface area contributed by atoms with Crippen molar-refractivity contribution in [2.45, 2.75) is 81.5 Å². The Hall–Kier alpha value is -5.52. The lowest BCUT2D eigenvalue weighted by Crippen LogP contribution is -2.71. The molecule has 3 heterocycles. The molecule has 3 aromatic rings. The molecule has 0 spiro atoms. The lowest BCUT2D eigenvalue weighted by molar-refractivity contribution is -0.169. The van der Waals surface area contributed by atoms with Crippen molar-refractivity contribution in [1.82, 2.24) is 20.1 Å². The third kappa shape index (κ3) is 7.53. The van der Waals surface area contributed by atoms with E-state index in [-0.39, 0.29) is 23.5 Å². The molecule has 2 aliphatic heterocycles. The van der Waals surface area contributed by atoms with Crippen molar-refractivity contribution in [3.05, 3.63) is 82.1 Å². The molecule has 1 aromatic heterocycles. The highest BCUT2D eigenvalue weighted by atomic mass is 32.2. The summed E-state index contributed by atoms with van der Waals surface area (Å²) in [5, 5.41) is 21.4. The number of carbonyl (C=O) groups excluding carboxylic acids is 5. The number of imide groups is 1. The Labute approximate surface area is 308 Å². The number of anilines is 1. The number of thioether (sulfide) groups is 1. The molecule has 0 aliphatic carbocycles. The summed E-state index contributed by atoms with van der Waals surface area (Å²) in [6.07, 6.45) is 0. The maximum atomic E-state index is 14.0. The van der Waals surface area contributed by atoms with Crippen LogP contribution >= 0.6 is 11.8 Å². The number of phenols is 1. The highest BCUT2D eigenvalue weighted by molar-refractivity contribution is 8.01. The van der Waals surface area contributed by atoms with E-state index in [0.717, 1.165) is 4.90 Å². The summed E-state index contributed by atoms with van der Waals surface area (Å²) in [5.74, 6) is -4.28. The van der Waals surface area contributed by atoms with E-state index in [9.17, 15) is 43.8 Å². The SMILES string of the molecule is CC(=O)N(C(=O)[C@H](C)NC(=O)[C@H](C)N)c1ccc(-c2ccc(CN(C(=O)C(N)c3ccc(O)cc3)[C@@H]3C(=O)N4[C@@H]3SC(C)(C)[C@@H]4C(=O)O)c(=O)[nH]2)cc1. The van der Waals surface area contributed by atoms with Gasteiger partial charge in [0.2, 0.25) is 23.6 Å². The molecule has 2 saturated heterocycles. The van der Waals surface area contributed by atoms with Crippen molar-refractivity contribution in [2.24, 2.45) is 11.5 Å². The van der Waals surface area contributed by atoms with Gasteiger partial charge in [-0.15, -0.1) is 11.8 Å². The Morgan fingerprint density at radius 2 is 1.58 bits per heavy atom. The molecule has 2 aliphatic rings. The fourth-order valence-electron chi connectivity index (χ4n) is 6.43. The molecule has 1 unspecified atom stereocenters. The van der Waals surface area contributed by atoms with Gasteiger partial charge in [0, 0.05) is 22.9 Å². The van der Waals surface area contributed by atoms with Crippen molar-refractivity contribution < 1.29 is 39.0 Å². The summed E-state index contributed by atoms with van der Waals surface area (Å²) in [7, 11) is 0. The molecular weight excluding hydrogens is 707 g/mol. The second-order valence-electron chi connectivity index (χ2n) is 13.6. The number of rotatable bonds is 11. The first kappa shape index (κ1) is 38.7. The molecule has 53 heavy (non-hydrogen) atoms. The molecule has 5 amide bonds. The third-order valence-electron chi connectivity index (χ3n) is 9.23. The fraction of sp³-hybridized carbons (Fsp3) is 0.361. The molecule has 0 saturated carbocycles. The van der Waals surface area contributed by atoms with E-state index in [1.54, 1.807) is 32.0 Å². The third-order valence-corrected chi connectivity index (χ3v) is 10.8. The van der Waals surface area contributed by atoms with Gasteiger partial charge < -0.3 is 41.8 Å². The summed E-state index contributed by atoms with van der Waals surface area (Å²) in [6, 6.07) is 9.55. The zero-order valence-corrected chi connectivity index (χ0v) is 30.4. The van der Waals surface area contributed by atoms with Crippen molar-refractivity contribution in [2.75, 3.05) is 4.90 Å². The lowest BCUT2D eigenvalue weighted by atomic mass is 9.94. The highest BCUT2D eigenvalue weighted by Gasteiger charge is 2.66. The van der Waals surface area contributed by atoms with Gasteiger partial charge in [0.05, 0.1) is 18.3 Å². The van der Waals surface area contributed by atoms with Crippen LogP contribution < -0.4 is 27.2 Å². The molecule has 6 atom stereocenters. The Kier molecular flexibility index (Phi) is 10.8. The topological polar surface area (TPSA) is 250 Å². The molecule has 2 aromatic carbocycles. The zero-order valence-electron chi connectivity index (χ0n) is 29.6. The number of nitrogens with zero attached hydrogens (tertiary/aromatic N) is 3. The number of carboxylic acids is 1. The van der Waals surface area contributed by atoms with E-state index in [4.69, 9.17) is 11.5 Å².